The molecule has 4 rings (SSSR count). The van der Waals surface area contributed by atoms with Crippen molar-refractivity contribution in [2.75, 3.05) is 18.8 Å². The van der Waals surface area contributed by atoms with Crippen LogP contribution in [0.1, 0.15) is 98.3 Å². The van der Waals surface area contributed by atoms with Crippen LogP contribution < -0.4 is 0 Å². The molecule has 1 heterocycles. The number of hydroxylamine groups is 2. The van der Waals surface area contributed by atoms with Gasteiger partial charge in [0.1, 0.15) is 0 Å². The minimum Gasteiger partial charge on any atom is -0.430 e. The van der Waals surface area contributed by atoms with Gasteiger partial charge in [-0.25, -0.2) is 4.79 Å². The number of hydrogen-bond acceptors (Lipinski definition) is 7. The maximum atomic E-state index is 13.7. The molecule has 0 aromatic heterocycles. The van der Waals surface area contributed by atoms with Crippen LogP contribution in [-0.4, -0.2) is 41.3 Å². The number of rotatable bonds is 12. The Balaban J connectivity index is 1.55. The zero-order valence-electron chi connectivity index (χ0n) is 21.7. The summed E-state index contributed by atoms with van der Waals surface area (Å²) in [5, 5.41) is 1.88. The lowest BCUT2D eigenvalue weighted by Gasteiger charge is -2.47. The minimum absolute atomic E-state index is 0.0208. The van der Waals surface area contributed by atoms with Crippen molar-refractivity contribution < 1.29 is 23.6 Å². The lowest BCUT2D eigenvalue weighted by atomic mass is 9.68. The molecular formula is C27H45NO5S. The van der Waals surface area contributed by atoms with Crippen molar-refractivity contribution >= 4 is 18.0 Å². The molecule has 1 saturated heterocycles. The van der Waals surface area contributed by atoms with E-state index in [1.165, 1.54) is 18.5 Å². The Kier molecular flexibility index (Phi) is 8.10. The van der Waals surface area contributed by atoms with E-state index in [2.05, 4.69) is 34.3 Å². The molecule has 0 aromatic carbocycles. The van der Waals surface area contributed by atoms with Crippen molar-refractivity contribution in [2.45, 2.75) is 110 Å². The molecule has 34 heavy (non-hydrogen) atoms. The predicted molar refractivity (Wildman–Crippen MR) is 134 cm³/mol. The Hall–Kier alpha value is -0.600. The molecule has 3 aliphatic carbocycles. The first kappa shape index (κ1) is 26.5. The minimum atomic E-state index is -0.892. The van der Waals surface area contributed by atoms with Crippen LogP contribution in [0.5, 0.6) is 0 Å². The molecule has 2 bridgehead atoms. The van der Waals surface area contributed by atoms with E-state index in [0.717, 1.165) is 70.9 Å². The fourth-order valence-electron chi connectivity index (χ4n) is 7.49. The molecule has 6 nitrogen and oxygen atoms in total. The molecule has 4 aliphatic rings. The molecular weight excluding hydrogens is 450 g/mol. The molecule has 3 unspecified atom stereocenters. The van der Waals surface area contributed by atoms with E-state index in [1.807, 2.05) is 11.1 Å². The third-order valence-corrected chi connectivity index (χ3v) is 10.3. The largest absolute Gasteiger partial charge is 0.430 e. The standard InChI is InChI=1S/C27H45NO5S/c1-6-15-26(21-12-10-9-11-13-21)23(29)30-27(31-26)19-22-14-16-25(27,24(22,4)5)20-34-33-32-28(17-7-2)18-8-3/h6,21-22H,1,7-20H2,2-5H3/t22?,25?,26-,27?/m0/s1. The maximum Gasteiger partial charge on any atom is 0.341 e. The average molecular weight is 496 g/mol. The van der Waals surface area contributed by atoms with Gasteiger partial charge in [-0.2, -0.15) is 5.06 Å². The van der Waals surface area contributed by atoms with Gasteiger partial charge in [0.15, 0.2) is 5.60 Å². The number of esters is 1. The quantitative estimate of drug-likeness (QED) is 0.0754. The van der Waals surface area contributed by atoms with E-state index in [0.29, 0.717) is 18.1 Å². The Bertz CT molecular complexity index is 735. The van der Waals surface area contributed by atoms with E-state index in [4.69, 9.17) is 18.8 Å². The van der Waals surface area contributed by atoms with Crippen molar-refractivity contribution in [2.24, 2.45) is 22.7 Å². The molecule has 0 N–H and O–H groups in total. The van der Waals surface area contributed by atoms with Gasteiger partial charge in [0.25, 0.3) is 0 Å². The van der Waals surface area contributed by atoms with Crippen LogP contribution in [0, 0.1) is 22.7 Å². The summed E-state index contributed by atoms with van der Waals surface area (Å²) < 4.78 is 19.2. The van der Waals surface area contributed by atoms with Gasteiger partial charge in [-0.1, -0.05) is 53.0 Å². The van der Waals surface area contributed by atoms with Crippen LogP contribution in [0.25, 0.3) is 0 Å². The number of hydrogen-bond donors (Lipinski definition) is 0. The summed E-state index contributed by atoms with van der Waals surface area (Å²) in [5.41, 5.74) is -1.23. The summed E-state index contributed by atoms with van der Waals surface area (Å²) in [5.74, 6) is 0.282. The zero-order valence-corrected chi connectivity index (χ0v) is 22.6. The van der Waals surface area contributed by atoms with Crippen LogP contribution in [-0.2, 0) is 23.6 Å². The molecule has 7 heteroatoms. The Labute approximate surface area is 210 Å². The van der Waals surface area contributed by atoms with Crippen LogP contribution in [0.15, 0.2) is 12.7 Å². The van der Waals surface area contributed by atoms with E-state index < -0.39 is 11.4 Å². The maximum absolute atomic E-state index is 13.7. The van der Waals surface area contributed by atoms with Crippen molar-refractivity contribution in [1.29, 1.82) is 0 Å². The highest BCUT2D eigenvalue weighted by Gasteiger charge is 2.79. The molecule has 194 valence electrons. The van der Waals surface area contributed by atoms with E-state index in [-0.39, 0.29) is 22.7 Å². The molecule has 0 radical (unpaired) electrons. The summed E-state index contributed by atoms with van der Waals surface area (Å²) in [6, 6.07) is 0. The normalized spacial score (nSPS) is 37.1. The second kappa shape index (κ2) is 10.4. The highest BCUT2D eigenvalue weighted by Crippen LogP contribution is 2.74. The smallest absolute Gasteiger partial charge is 0.341 e. The molecule has 1 spiro atoms. The van der Waals surface area contributed by atoms with Crippen molar-refractivity contribution in [3.63, 3.8) is 0 Å². The third-order valence-electron chi connectivity index (χ3n) is 9.52. The summed E-state index contributed by atoms with van der Waals surface area (Å²) >= 11 is 1.34. The second-order valence-electron chi connectivity index (χ2n) is 11.5. The summed E-state index contributed by atoms with van der Waals surface area (Å²) in [4.78, 5) is 19.3. The van der Waals surface area contributed by atoms with Gasteiger partial charge in [0.2, 0.25) is 5.79 Å². The molecule has 3 saturated carbocycles. The van der Waals surface area contributed by atoms with Crippen LogP contribution in [0.2, 0.25) is 0 Å². The van der Waals surface area contributed by atoms with Gasteiger partial charge in [0, 0.05) is 43.7 Å². The van der Waals surface area contributed by atoms with Crippen molar-refractivity contribution in [3.8, 4) is 0 Å². The molecule has 0 aromatic rings. The fourth-order valence-corrected chi connectivity index (χ4v) is 8.61. The topological polar surface area (TPSA) is 57.2 Å². The number of fused-ring (bicyclic) bond motifs is 3. The Morgan fingerprint density at radius 3 is 2.44 bits per heavy atom. The number of carbonyl (C=O) groups is 1. The summed E-state index contributed by atoms with van der Waals surface area (Å²) in [7, 11) is 0. The molecule has 1 aliphatic heterocycles. The lowest BCUT2D eigenvalue weighted by Crippen LogP contribution is -2.54. The van der Waals surface area contributed by atoms with Crippen LogP contribution >= 0.6 is 12.0 Å². The summed E-state index contributed by atoms with van der Waals surface area (Å²) in [6.45, 7) is 14.6. The van der Waals surface area contributed by atoms with Gasteiger partial charge < -0.3 is 9.47 Å². The van der Waals surface area contributed by atoms with E-state index in [1.54, 1.807) is 0 Å². The van der Waals surface area contributed by atoms with E-state index in [9.17, 15) is 4.79 Å². The lowest BCUT2D eigenvalue weighted by molar-refractivity contribution is -0.360. The van der Waals surface area contributed by atoms with E-state index >= 15 is 0 Å². The third kappa shape index (κ3) is 4.17. The van der Waals surface area contributed by atoms with Gasteiger partial charge in [-0.05, 0) is 55.8 Å². The molecule has 4 atom stereocenters. The van der Waals surface area contributed by atoms with Crippen LogP contribution in [0.3, 0.4) is 0 Å². The van der Waals surface area contributed by atoms with Gasteiger partial charge in [-0.15, -0.1) is 15.9 Å². The highest BCUT2D eigenvalue weighted by atomic mass is 32.2. The average Bonchev–Trinajstić information content (AvgIpc) is 3.30. The number of carbonyl (C=O) groups excluding carboxylic acids is 1. The van der Waals surface area contributed by atoms with Gasteiger partial charge in [-0.3, -0.25) is 0 Å². The zero-order chi connectivity index (χ0) is 24.5. The van der Waals surface area contributed by atoms with Crippen molar-refractivity contribution in [1.82, 2.24) is 5.06 Å². The molecule has 4 fully saturated rings. The monoisotopic (exact) mass is 495 g/mol. The Morgan fingerprint density at radius 1 is 1.12 bits per heavy atom. The fraction of sp³-hybridized carbons (Fsp3) is 0.889. The molecule has 0 amide bonds. The Morgan fingerprint density at radius 2 is 1.82 bits per heavy atom. The first-order chi connectivity index (χ1) is 16.3. The predicted octanol–water partition coefficient (Wildman–Crippen LogP) is 6.61. The van der Waals surface area contributed by atoms with Gasteiger partial charge >= 0.3 is 5.97 Å². The number of nitrogens with zero attached hydrogens (tertiary/aromatic N) is 1. The summed E-state index contributed by atoms with van der Waals surface area (Å²) in [6.07, 6.45) is 12.8. The van der Waals surface area contributed by atoms with Crippen molar-refractivity contribution in [3.05, 3.63) is 12.7 Å². The van der Waals surface area contributed by atoms with Gasteiger partial charge in [0.05, 0.1) is 5.41 Å². The highest BCUT2D eigenvalue weighted by molar-refractivity contribution is 7.94. The number of ether oxygens (including phenoxy) is 2. The SMILES string of the molecule is C=CC[C@@]1(C2CCCCC2)OC2(CC3CCC2(CSOON(CCC)CCC)C3(C)C)OC1=O. The first-order valence-electron chi connectivity index (χ1n) is 13.6. The second-order valence-corrected chi connectivity index (χ2v) is 12.2. The first-order valence-corrected chi connectivity index (χ1v) is 14.5. The van der Waals surface area contributed by atoms with Crippen LogP contribution in [0.4, 0.5) is 0 Å².